The Labute approximate surface area is 87.7 Å². The zero-order valence-electron chi connectivity index (χ0n) is 7.81. The highest BCUT2D eigenvalue weighted by Gasteiger charge is 2.22. The van der Waals surface area contributed by atoms with Gasteiger partial charge in [-0.1, -0.05) is 36.4 Å². The third-order valence-corrected chi connectivity index (χ3v) is 3.22. The van der Waals surface area contributed by atoms with E-state index in [0.29, 0.717) is 5.56 Å². The number of azide groups is 1. The molecule has 0 N–H and O–H groups in total. The van der Waals surface area contributed by atoms with Crippen molar-refractivity contribution < 1.29 is 8.42 Å². The van der Waals surface area contributed by atoms with Crippen molar-refractivity contribution in [2.75, 3.05) is 0 Å². The molecule has 1 aromatic rings. The second kappa shape index (κ2) is 4.63. The van der Waals surface area contributed by atoms with Gasteiger partial charge < -0.3 is 0 Å². The number of rotatable bonds is 4. The van der Waals surface area contributed by atoms with Gasteiger partial charge in [0.2, 0.25) is 10.0 Å². The third-order valence-electron chi connectivity index (χ3n) is 1.81. The molecule has 0 spiro atoms. The van der Waals surface area contributed by atoms with Crippen LogP contribution >= 0.6 is 0 Å². The summed E-state index contributed by atoms with van der Waals surface area (Å²) in [6.07, 6.45) is 1.24. The largest absolute Gasteiger partial charge is 0.246 e. The van der Waals surface area contributed by atoms with Gasteiger partial charge in [0, 0.05) is 9.43 Å². The lowest BCUT2D eigenvalue weighted by Gasteiger charge is -2.09. The average molecular weight is 223 g/mol. The summed E-state index contributed by atoms with van der Waals surface area (Å²) in [6.45, 7) is 3.42. The lowest BCUT2D eigenvalue weighted by atomic mass is 10.1. The van der Waals surface area contributed by atoms with Crippen LogP contribution in [0.3, 0.4) is 0 Å². The maximum absolute atomic E-state index is 11.5. The molecule has 0 radical (unpaired) electrons. The van der Waals surface area contributed by atoms with E-state index in [1.807, 2.05) is 0 Å². The summed E-state index contributed by atoms with van der Waals surface area (Å²) >= 11 is 0. The minimum absolute atomic E-state index is 0.528. The summed E-state index contributed by atoms with van der Waals surface area (Å²) in [6, 6.07) is 8.45. The van der Waals surface area contributed by atoms with Crippen molar-refractivity contribution >= 4 is 10.0 Å². The summed E-state index contributed by atoms with van der Waals surface area (Å²) in [5, 5.41) is -0.991. The number of hydrogen-bond acceptors (Lipinski definition) is 2. The lowest BCUT2D eigenvalue weighted by molar-refractivity contribution is 0.592. The molecule has 6 heteroatoms. The van der Waals surface area contributed by atoms with Crippen LogP contribution in [-0.4, -0.2) is 8.42 Å². The highest BCUT2D eigenvalue weighted by atomic mass is 32.2. The maximum atomic E-state index is 11.5. The van der Waals surface area contributed by atoms with E-state index >= 15 is 0 Å². The molecule has 78 valence electrons. The molecule has 1 rings (SSSR count). The van der Waals surface area contributed by atoms with E-state index < -0.39 is 15.3 Å². The number of hydrogen-bond donors (Lipinski definition) is 0. The number of sulfonamides is 1. The van der Waals surface area contributed by atoms with Crippen LogP contribution in [0.15, 0.2) is 47.5 Å². The maximum Gasteiger partial charge on any atom is 0.246 e. The molecule has 0 aliphatic heterocycles. The summed E-state index contributed by atoms with van der Waals surface area (Å²) in [5.74, 6) is 0. The van der Waals surface area contributed by atoms with Gasteiger partial charge in [-0.25, -0.2) is 8.42 Å². The van der Waals surface area contributed by atoms with Crippen LogP contribution in [0.1, 0.15) is 10.8 Å². The molecule has 0 fully saturated rings. The molecule has 0 bridgehead atoms. The van der Waals surface area contributed by atoms with Crippen molar-refractivity contribution in [1.29, 1.82) is 0 Å². The van der Waals surface area contributed by atoms with Gasteiger partial charge in [-0.2, -0.15) is 0 Å². The molecule has 0 aliphatic carbocycles. The summed E-state index contributed by atoms with van der Waals surface area (Å²) in [5.41, 5.74) is 8.67. The predicted octanol–water partition coefficient (Wildman–Crippen LogP) is 2.55. The quantitative estimate of drug-likeness (QED) is 0.340. The Balaban J connectivity index is 3.22. The summed E-state index contributed by atoms with van der Waals surface area (Å²) < 4.78 is 25.7. The molecule has 0 heterocycles. The van der Waals surface area contributed by atoms with Crippen molar-refractivity contribution in [3.8, 4) is 0 Å². The highest BCUT2D eigenvalue weighted by molar-refractivity contribution is 7.90. The van der Waals surface area contributed by atoms with Crippen molar-refractivity contribution in [3.05, 3.63) is 59.0 Å². The van der Waals surface area contributed by atoms with Gasteiger partial charge in [0.1, 0.15) is 5.25 Å². The van der Waals surface area contributed by atoms with Crippen molar-refractivity contribution in [3.63, 3.8) is 0 Å². The molecular weight excluding hydrogens is 214 g/mol. The average Bonchev–Trinajstić information content (AvgIpc) is 2.19. The van der Waals surface area contributed by atoms with Crippen LogP contribution < -0.4 is 0 Å². The Bertz CT molecular complexity index is 489. The van der Waals surface area contributed by atoms with Crippen LogP contribution in [0.4, 0.5) is 0 Å². The van der Waals surface area contributed by atoms with E-state index in [-0.39, 0.29) is 0 Å². The number of nitrogens with zero attached hydrogens (tertiary/aromatic N) is 3. The standard InChI is InChI=1S/C9H9N3O2S/c1-2-9(15(13,14)12-11-10)8-6-4-3-5-7-8/h2-7,9H,1H2. The van der Waals surface area contributed by atoms with Crippen LogP contribution in [0.2, 0.25) is 0 Å². The second-order valence-electron chi connectivity index (χ2n) is 2.75. The van der Waals surface area contributed by atoms with Crippen LogP contribution in [0.5, 0.6) is 0 Å². The van der Waals surface area contributed by atoms with Gasteiger partial charge in [-0.3, -0.25) is 0 Å². The first kappa shape index (κ1) is 11.3. The van der Waals surface area contributed by atoms with E-state index in [1.54, 1.807) is 30.3 Å². The SMILES string of the molecule is C=CC(c1ccccc1)S(=O)(=O)N=[N+]=[N-]. The monoisotopic (exact) mass is 223 g/mol. The van der Waals surface area contributed by atoms with Gasteiger partial charge in [0.05, 0.1) is 0 Å². The van der Waals surface area contributed by atoms with Gasteiger partial charge >= 0.3 is 0 Å². The van der Waals surface area contributed by atoms with E-state index in [9.17, 15) is 8.42 Å². The zero-order valence-corrected chi connectivity index (χ0v) is 8.63. The minimum atomic E-state index is -3.89. The Morgan fingerprint density at radius 2 is 2.00 bits per heavy atom. The molecular formula is C9H9N3O2S. The van der Waals surface area contributed by atoms with Crippen molar-refractivity contribution in [2.45, 2.75) is 5.25 Å². The molecule has 0 aromatic heterocycles. The van der Waals surface area contributed by atoms with Gasteiger partial charge in [-0.15, -0.1) is 6.58 Å². The Morgan fingerprint density at radius 3 is 2.47 bits per heavy atom. The fraction of sp³-hybridized carbons (Fsp3) is 0.111. The molecule has 0 saturated carbocycles. The summed E-state index contributed by atoms with van der Waals surface area (Å²) in [7, 11) is -3.89. The summed E-state index contributed by atoms with van der Waals surface area (Å²) in [4.78, 5) is 2.29. The minimum Gasteiger partial charge on any atom is -0.220 e. The molecule has 15 heavy (non-hydrogen) atoms. The van der Waals surface area contributed by atoms with Gasteiger partial charge in [-0.05, 0) is 11.1 Å². The van der Waals surface area contributed by atoms with E-state index in [0.717, 1.165) is 0 Å². The first-order valence-electron chi connectivity index (χ1n) is 4.09. The lowest BCUT2D eigenvalue weighted by Crippen LogP contribution is -2.07. The molecule has 0 saturated heterocycles. The van der Waals surface area contributed by atoms with Crippen LogP contribution in [0, 0.1) is 0 Å². The Morgan fingerprint density at radius 1 is 1.40 bits per heavy atom. The topological polar surface area (TPSA) is 82.9 Å². The second-order valence-corrected chi connectivity index (χ2v) is 4.45. The van der Waals surface area contributed by atoms with Crippen molar-refractivity contribution in [1.82, 2.24) is 0 Å². The third kappa shape index (κ3) is 2.59. The Hall–Kier alpha value is -1.78. The predicted molar refractivity (Wildman–Crippen MR) is 57.4 cm³/mol. The smallest absolute Gasteiger partial charge is 0.220 e. The molecule has 1 atom stereocenters. The van der Waals surface area contributed by atoms with E-state index in [2.05, 4.69) is 16.0 Å². The van der Waals surface area contributed by atoms with Gasteiger partial charge in [0.25, 0.3) is 0 Å². The van der Waals surface area contributed by atoms with Crippen molar-refractivity contribution in [2.24, 2.45) is 4.52 Å². The zero-order chi connectivity index (χ0) is 11.3. The molecule has 1 aromatic carbocycles. The van der Waals surface area contributed by atoms with E-state index in [1.165, 1.54) is 6.08 Å². The first-order chi connectivity index (χ1) is 7.11. The molecule has 5 nitrogen and oxygen atoms in total. The molecule has 0 aliphatic rings. The highest BCUT2D eigenvalue weighted by Crippen LogP contribution is 2.24. The normalized spacial score (nSPS) is 12.5. The van der Waals surface area contributed by atoms with E-state index in [4.69, 9.17) is 5.53 Å². The van der Waals surface area contributed by atoms with Crippen LogP contribution in [-0.2, 0) is 10.0 Å². The Kier molecular flexibility index (Phi) is 3.49. The fourth-order valence-corrected chi connectivity index (χ4v) is 2.12. The number of benzene rings is 1. The molecule has 1 unspecified atom stereocenters. The fourth-order valence-electron chi connectivity index (χ4n) is 1.17. The van der Waals surface area contributed by atoms with Crippen LogP contribution in [0.25, 0.3) is 10.4 Å². The molecule has 0 amide bonds. The first-order valence-corrected chi connectivity index (χ1v) is 5.60. The van der Waals surface area contributed by atoms with Gasteiger partial charge in [0.15, 0.2) is 0 Å².